The van der Waals surface area contributed by atoms with E-state index in [-0.39, 0.29) is 40.5 Å². The first-order valence-electron chi connectivity index (χ1n) is 11.2. The molecule has 182 valence electrons. The van der Waals surface area contributed by atoms with Gasteiger partial charge in [0, 0.05) is 37.8 Å². The quantitative estimate of drug-likeness (QED) is 0.607. The molecular formula is C24H29N3O6S. The van der Waals surface area contributed by atoms with Gasteiger partial charge in [0.2, 0.25) is 15.9 Å². The fourth-order valence-electron chi connectivity index (χ4n) is 3.91. The van der Waals surface area contributed by atoms with Gasteiger partial charge in [-0.1, -0.05) is 12.1 Å². The van der Waals surface area contributed by atoms with E-state index in [1.165, 1.54) is 19.2 Å². The van der Waals surface area contributed by atoms with Crippen LogP contribution in [0.1, 0.15) is 28.8 Å². The molecule has 2 amide bonds. The van der Waals surface area contributed by atoms with Gasteiger partial charge in [0.1, 0.15) is 16.4 Å². The van der Waals surface area contributed by atoms with E-state index >= 15 is 0 Å². The predicted molar refractivity (Wildman–Crippen MR) is 126 cm³/mol. The first kappa shape index (κ1) is 24.0. The molecule has 0 radical (unpaired) electrons. The van der Waals surface area contributed by atoms with Crippen molar-refractivity contribution in [3.05, 3.63) is 53.6 Å². The van der Waals surface area contributed by atoms with Gasteiger partial charge in [-0.2, -0.15) is 0 Å². The van der Waals surface area contributed by atoms with Crippen LogP contribution < -0.4 is 14.2 Å². The van der Waals surface area contributed by atoms with Crippen molar-refractivity contribution < 1.29 is 27.5 Å². The maximum atomic E-state index is 13.1. The number of ether oxygens (including phenoxy) is 2. The Bertz CT molecular complexity index is 1170. The number of nitrogens with zero attached hydrogens (tertiary/aromatic N) is 2. The molecule has 0 atom stereocenters. The van der Waals surface area contributed by atoms with E-state index in [1.54, 1.807) is 23.0 Å². The molecular weight excluding hydrogens is 458 g/mol. The largest absolute Gasteiger partial charge is 0.497 e. The molecule has 9 nitrogen and oxygen atoms in total. The Balaban J connectivity index is 1.40. The van der Waals surface area contributed by atoms with Gasteiger partial charge in [0.05, 0.1) is 20.6 Å². The van der Waals surface area contributed by atoms with Crippen molar-refractivity contribution in [3.63, 3.8) is 0 Å². The maximum absolute atomic E-state index is 13.1. The summed E-state index contributed by atoms with van der Waals surface area (Å²) in [5.74, 6) is 0.612. The molecule has 0 bridgehead atoms. The zero-order valence-corrected chi connectivity index (χ0v) is 20.1. The van der Waals surface area contributed by atoms with Gasteiger partial charge >= 0.3 is 0 Å². The Morgan fingerprint density at radius 2 is 1.68 bits per heavy atom. The summed E-state index contributed by atoms with van der Waals surface area (Å²) in [7, 11) is -0.806. The van der Waals surface area contributed by atoms with Crippen LogP contribution in [0.5, 0.6) is 11.5 Å². The van der Waals surface area contributed by atoms with Crippen LogP contribution in [-0.2, 0) is 21.2 Å². The minimum atomic E-state index is -3.79. The molecule has 0 spiro atoms. The van der Waals surface area contributed by atoms with Crippen LogP contribution >= 0.6 is 0 Å². The van der Waals surface area contributed by atoms with Crippen LogP contribution in [0.3, 0.4) is 0 Å². The van der Waals surface area contributed by atoms with E-state index < -0.39 is 10.0 Å². The number of carbonyl (C=O) groups excluding carboxylic acids is 2. The number of benzene rings is 2. The van der Waals surface area contributed by atoms with E-state index in [1.807, 2.05) is 24.3 Å². The highest BCUT2D eigenvalue weighted by Crippen LogP contribution is 2.29. The van der Waals surface area contributed by atoms with Gasteiger partial charge in [-0.25, -0.2) is 13.1 Å². The summed E-state index contributed by atoms with van der Waals surface area (Å²) < 4.78 is 38.6. The van der Waals surface area contributed by atoms with Crippen molar-refractivity contribution in [2.24, 2.45) is 0 Å². The van der Waals surface area contributed by atoms with Crippen LogP contribution in [-0.4, -0.2) is 76.5 Å². The van der Waals surface area contributed by atoms with Gasteiger partial charge in [0.25, 0.3) is 5.91 Å². The molecule has 0 aromatic heterocycles. The SMILES string of the molecule is COc1cccc(CC(=O)N2CCN(C(=O)c3ccc(OC)c(S(=O)(=O)NC4CC4)c3)CC2)c1. The molecule has 0 unspecified atom stereocenters. The topological polar surface area (TPSA) is 105 Å². The van der Waals surface area contributed by atoms with Crippen molar-refractivity contribution in [1.82, 2.24) is 14.5 Å². The molecule has 1 saturated carbocycles. The van der Waals surface area contributed by atoms with Crippen LogP contribution in [0.25, 0.3) is 0 Å². The molecule has 4 rings (SSSR count). The second-order valence-electron chi connectivity index (χ2n) is 8.46. The molecule has 10 heteroatoms. The Labute approximate surface area is 199 Å². The van der Waals surface area contributed by atoms with Crippen molar-refractivity contribution in [2.75, 3.05) is 40.4 Å². The van der Waals surface area contributed by atoms with Crippen LogP contribution in [0.15, 0.2) is 47.4 Å². The summed E-state index contributed by atoms with van der Waals surface area (Å²) in [4.78, 5) is 29.2. The number of methoxy groups -OCH3 is 2. The minimum Gasteiger partial charge on any atom is -0.497 e. The van der Waals surface area contributed by atoms with Crippen molar-refractivity contribution in [1.29, 1.82) is 0 Å². The monoisotopic (exact) mass is 487 g/mol. The fourth-order valence-corrected chi connectivity index (χ4v) is 5.41. The summed E-state index contributed by atoms with van der Waals surface area (Å²) in [6.45, 7) is 1.58. The lowest BCUT2D eigenvalue weighted by Crippen LogP contribution is -2.51. The normalized spacial score (nSPS) is 16.3. The number of rotatable bonds is 8. The third-order valence-electron chi connectivity index (χ3n) is 6.01. The molecule has 2 fully saturated rings. The lowest BCUT2D eigenvalue weighted by Gasteiger charge is -2.35. The van der Waals surface area contributed by atoms with E-state index in [2.05, 4.69) is 4.72 Å². The Morgan fingerprint density at radius 1 is 0.971 bits per heavy atom. The predicted octanol–water partition coefficient (Wildman–Crippen LogP) is 1.67. The second kappa shape index (κ2) is 10.0. The summed E-state index contributed by atoms with van der Waals surface area (Å²) >= 11 is 0. The molecule has 2 aromatic carbocycles. The summed E-state index contributed by atoms with van der Waals surface area (Å²) in [6, 6.07) is 11.8. The van der Waals surface area contributed by atoms with Gasteiger partial charge in [-0.15, -0.1) is 0 Å². The van der Waals surface area contributed by atoms with Gasteiger partial charge in [0.15, 0.2) is 0 Å². The Morgan fingerprint density at radius 3 is 2.32 bits per heavy atom. The maximum Gasteiger partial charge on any atom is 0.254 e. The number of carbonyl (C=O) groups is 2. The molecule has 2 aromatic rings. The zero-order valence-electron chi connectivity index (χ0n) is 19.3. The molecule has 2 aliphatic rings. The van der Waals surface area contributed by atoms with E-state index in [0.717, 1.165) is 18.4 Å². The minimum absolute atomic E-state index is 0.00988. The first-order chi connectivity index (χ1) is 16.3. The van der Waals surface area contributed by atoms with E-state index in [9.17, 15) is 18.0 Å². The van der Waals surface area contributed by atoms with Crippen LogP contribution in [0.2, 0.25) is 0 Å². The van der Waals surface area contributed by atoms with Crippen molar-refractivity contribution >= 4 is 21.8 Å². The molecule has 1 aliphatic carbocycles. The number of hydrogen-bond acceptors (Lipinski definition) is 6. The number of amides is 2. The summed E-state index contributed by atoms with van der Waals surface area (Å²) in [5.41, 5.74) is 1.14. The van der Waals surface area contributed by atoms with Gasteiger partial charge < -0.3 is 19.3 Å². The third kappa shape index (κ3) is 5.51. The van der Waals surface area contributed by atoms with Crippen molar-refractivity contribution in [2.45, 2.75) is 30.2 Å². The molecule has 34 heavy (non-hydrogen) atoms. The average Bonchev–Trinajstić information content (AvgIpc) is 3.66. The molecule has 1 heterocycles. The zero-order chi connectivity index (χ0) is 24.3. The standard InChI is InChI=1S/C24H29N3O6S/c1-32-20-5-3-4-17(14-20)15-23(28)26-10-12-27(13-11-26)24(29)18-6-9-21(33-2)22(16-18)34(30,31)25-19-7-8-19/h3-6,9,14,16,19,25H,7-8,10-13,15H2,1-2H3. The third-order valence-corrected chi connectivity index (χ3v) is 7.55. The first-order valence-corrected chi connectivity index (χ1v) is 12.7. The Kier molecular flexibility index (Phi) is 7.08. The van der Waals surface area contributed by atoms with Gasteiger partial charge in [-0.3, -0.25) is 9.59 Å². The van der Waals surface area contributed by atoms with E-state index in [4.69, 9.17) is 9.47 Å². The highest BCUT2D eigenvalue weighted by Gasteiger charge is 2.31. The number of sulfonamides is 1. The summed E-state index contributed by atoms with van der Waals surface area (Å²) in [6.07, 6.45) is 1.88. The lowest BCUT2D eigenvalue weighted by atomic mass is 10.1. The van der Waals surface area contributed by atoms with Gasteiger partial charge in [-0.05, 0) is 48.7 Å². The lowest BCUT2D eigenvalue weighted by molar-refractivity contribution is -0.131. The second-order valence-corrected chi connectivity index (χ2v) is 10.1. The van der Waals surface area contributed by atoms with Crippen LogP contribution in [0, 0.1) is 0 Å². The number of hydrogen-bond donors (Lipinski definition) is 1. The molecule has 1 saturated heterocycles. The molecule has 1 aliphatic heterocycles. The highest BCUT2D eigenvalue weighted by molar-refractivity contribution is 7.89. The number of piperazine rings is 1. The summed E-state index contributed by atoms with van der Waals surface area (Å²) in [5, 5.41) is 0. The van der Waals surface area contributed by atoms with E-state index in [0.29, 0.717) is 31.9 Å². The Hall–Kier alpha value is -3.11. The fraction of sp³-hybridized carbons (Fsp3) is 0.417. The highest BCUT2D eigenvalue weighted by atomic mass is 32.2. The average molecular weight is 488 g/mol. The van der Waals surface area contributed by atoms with Crippen molar-refractivity contribution in [3.8, 4) is 11.5 Å². The molecule has 1 N–H and O–H groups in total. The number of nitrogens with one attached hydrogen (secondary N) is 1. The van der Waals surface area contributed by atoms with Crippen LogP contribution in [0.4, 0.5) is 0 Å². The smallest absolute Gasteiger partial charge is 0.254 e.